The summed E-state index contributed by atoms with van der Waals surface area (Å²) in [5.74, 6) is 0. The van der Waals surface area contributed by atoms with Gasteiger partial charge in [-0.25, -0.2) is 4.98 Å². The van der Waals surface area contributed by atoms with Gasteiger partial charge in [0.2, 0.25) is 0 Å². The Morgan fingerprint density at radius 1 is 0.875 bits per heavy atom. The molecule has 0 bridgehead atoms. The molecule has 3 rings (SSSR count). The quantitative estimate of drug-likeness (QED) is 0.644. The van der Waals surface area contributed by atoms with Gasteiger partial charge in [0.05, 0.1) is 16.3 Å². The predicted molar refractivity (Wildman–Crippen MR) is 70.9 cm³/mol. The predicted octanol–water partition coefficient (Wildman–Crippen LogP) is 4.54. The smallest absolute Gasteiger partial charge is 0.0809 e. The van der Waals surface area contributed by atoms with Crippen LogP contribution < -0.4 is 0 Å². The zero-order valence-corrected chi connectivity index (χ0v) is 10.1. The Balaban J connectivity index is 2.07. The van der Waals surface area contributed by atoms with E-state index in [4.69, 9.17) is 0 Å². The number of hydrogen-bond acceptors (Lipinski definition) is 3. The molecule has 0 N–H and O–H groups in total. The maximum atomic E-state index is 4.67. The molecule has 0 amide bonds. The fourth-order valence-electron chi connectivity index (χ4n) is 1.57. The Hall–Kier alpha value is -1.45. The molecule has 0 aliphatic heterocycles. The van der Waals surface area contributed by atoms with Gasteiger partial charge in [-0.3, -0.25) is 0 Å². The Kier molecular flexibility index (Phi) is 2.56. The molecular weight excluding hydrogens is 234 g/mol. The first-order valence-corrected chi connectivity index (χ1v) is 6.79. The molecule has 0 saturated carbocycles. The molecule has 0 aliphatic rings. The summed E-state index contributed by atoms with van der Waals surface area (Å²) in [6.45, 7) is 0. The normalized spacial score (nSPS) is 10.5. The average molecular weight is 243 g/mol. The van der Waals surface area contributed by atoms with Crippen LogP contribution in [-0.2, 0) is 0 Å². The topological polar surface area (TPSA) is 12.9 Å². The summed E-state index contributed by atoms with van der Waals surface area (Å²) >= 11 is 3.42. The van der Waals surface area contributed by atoms with Crippen molar-refractivity contribution in [2.24, 2.45) is 0 Å². The molecule has 0 radical (unpaired) electrons. The average Bonchev–Trinajstić information content (AvgIpc) is 3.03. The third-order valence-electron chi connectivity index (χ3n) is 2.34. The van der Waals surface area contributed by atoms with Crippen molar-refractivity contribution in [3.05, 3.63) is 52.5 Å². The number of nitrogens with zero attached hydrogens (tertiary/aromatic N) is 1. The molecule has 78 valence electrons. The molecule has 3 heteroatoms. The second-order valence-electron chi connectivity index (χ2n) is 3.40. The molecular formula is C13H9NS2. The van der Waals surface area contributed by atoms with Gasteiger partial charge in [-0.05, 0) is 35.0 Å². The molecule has 0 unspecified atom stereocenters. The zero-order valence-electron chi connectivity index (χ0n) is 8.46. The van der Waals surface area contributed by atoms with Gasteiger partial charge in [-0.2, -0.15) is 11.3 Å². The first-order valence-electron chi connectivity index (χ1n) is 4.97. The summed E-state index contributed by atoms with van der Waals surface area (Å²) in [7, 11) is 0. The van der Waals surface area contributed by atoms with Crippen LogP contribution in [0, 0.1) is 0 Å². The minimum absolute atomic E-state index is 1.05. The van der Waals surface area contributed by atoms with Crippen LogP contribution in [-0.4, -0.2) is 4.98 Å². The van der Waals surface area contributed by atoms with Crippen LogP contribution in [0.2, 0.25) is 0 Å². The lowest BCUT2D eigenvalue weighted by atomic mass is 10.2. The lowest BCUT2D eigenvalue weighted by Crippen LogP contribution is -1.83. The SMILES string of the molecule is c1cc(-c2ccsc2)nc(-c2cccs2)c1. The van der Waals surface area contributed by atoms with Gasteiger partial charge < -0.3 is 0 Å². The second-order valence-corrected chi connectivity index (χ2v) is 5.13. The highest BCUT2D eigenvalue weighted by Gasteiger charge is 2.03. The minimum atomic E-state index is 1.05. The number of pyridine rings is 1. The standard InChI is InChI=1S/C13H9NS2/c1-3-11(10-6-8-15-9-10)14-12(4-1)13-5-2-7-16-13/h1-9H. The molecule has 0 fully saturated rings. The number of hydrogen-bond donors (Lipinski definition) is 0. The summed E-state index contributed by atoms with van der Waals surface area (Å²) in [6, 6.07) is 12.4. The molecule has 0 aromatic carbocycles. The van der Waals surface area contributed by atoms with E-state index in [-0.39, 0.29) is 0 Å². The van der Waals surface area contributed by atoms with Crippen molar-refractivity contribution in [3.63, 3.8) is 0 Å². The van der Waals surface area contributed by atoms with Crippen LogP contribution >= 0.6 is 22.7 Å². The van der Waals surface area contributed by atoms with E-state index in [1.807, 2.05) is 0 Å². The number of rotatable bonds is 2. The van der Waals surface area contributed by atoms with E-state index in [1.54, 1.807) is 22.7 Å². The van der Waals surface area contributed by atoms with Crippen LogP contribution in [0.1, 0.15) is 0 Å². The van der Waals surface area contributed by atoms with Crippen molar-refractivity contribution in [3.8, 4) is 21.8 Å². The molecule has 0 spiro atoms. The molecule has 0 aliphatic carbocycles. The van der Waals surface area contributed by atoms with Gasteiger partial charge in [0, 0.05) is 10.9 Å². The van der Waals surface area contributed by atoms with Crippen LogP contribution in [0.15, 0.2) is 52.5 Å². The highest BCUT2D eigenvalue weighted by atomic mass is 32.1. The zero-order chi connectivity index (χ0) is 10.8. The Labute approximate surface area is 102 Å². The fourth-order valence-corrected chi connectivity index (χ4v) is 2.91. The third kappa shape index (κ3) is 1.79. The lowest BCUT2D eigenvalue weighted by molar-refractivity contribution is 1.34. The van der Waals surface area contributed by atoms with Crippen LogP contribution in [0.25, 0.3) is 21.8 Å². The van der Waals surface area contributed by atoms with Gasteiger partial charge in [-0.15, -0.1) is 11.3 Å². The largest absolute Gasteiger partial charge is 0.247 e. The van der Waals surface area contributed by atoms with E-state index in [0.717, 1.165) is 11.4 Å². The Morgan fingerprint density at radius 2 is 1.81 bits per heavy atom. The van der Waals surface area contributed by atoms with Crippen molar-refractivity contribution in [1.29, 1.82) is 0 Å². The summed E-state index contributed by atoms with van der Waals surface area (Å²) in [5, 5.41) is 6.28. The van der Waals surface area contributed by atoms with Crippen molar-refractivity contribution in [2.45, 2.75) is 0 Å². The van der Waals surface area contributed by atoms with Crippen LogP contribution in [0.4, 0.5) is 0 Å². The summed E-state index contributed by atoms with van der Waals surface area (Å²) < 4.78 is 0. The van der Waals surface area contributed by atoms with Gasteiger partial charge in [0.1, 0.15) is 0 Å². The Bertz CT molecular complexity index is 518. The van der Waals surface area contributed by atoms with E-state index in [2.05, 4.69) is 57.5 Å². The van der Waals surface area contributed by atoms with E-state index in [1.165, 1.54) is 10.4 Å². The number of thiophene rings is 2. The van der Waals surface area contributed by atoms with E-state index in [9.17, 15) is 0 Å². The van der Waals surface area contributed by atoms with Crippen LogP contribution in [0.5, 0.6) is 0 Å². The van der Waals surface area contributed by atoms with Gasteiger partial charge in [-0.1, -0.05) is 12.1 Å². The van der Waals surface area contributed by atoms with Gasteiger partial charge in [0.15, 0.2) is 0 Å². The first-order chi connectivity index (χ1) is 7.93. The molecule has 0 atom stereocenters. The summed E-state index contributed by atoms with van der Waals surface area (Å²) in [4.78, 5) is 5.89. The number of aromatic nitrogens is 1. The van der Waals surface area contributed by atoms with Gasteiger partial charge >= 0.3 is 0 Å². The van der Waals surface area contributed by atoms with Gasteiger partial charge in [0.25, 0.3) is 0 Å². The van der Waals surface area contributed by atoms with E-state index in [0.29, 0.717) is 0 Å². The molecule has 16 heavy (non-hydrogen) atoms. The van der Waals surface area contributed by atoms with Crippen molar-refractivity contribution in [1.82, 2.24) is 4.98 Å². The second kappa shape index (κ2) is 4.20. The Morgan fingerprint density at radius 3 is 2.56 bits per heavy atom. The van der Waals surface area contributed by atoms with Crippen molar-refractivity contribution >= 4 is 22.7 Å². The molecule has 0 saturated heterocycles. The summed E-state index contributed by atoms with van der Waals surface area (Å²) in [6.07, 6.45) is 0. The fraction of sp³-hybridized carbons (Fsp3) is 0. The van der Waals surface area contributed by atoms with E-state index < -0.39 is 0 Å². The highest BCUT2D eigenvalue weighted by molar-refractivity contribution is 7.13. The van der Waals surface area contributed by atoms with Crippen molar-refractivity contribution < 1.29 is 0 Å². The van der Waals surface area contributed by atoms with Crippen LogP contribution in [0.3, 0.4) is 0 Å². The minimum Gasteiger partial charge on any atom is -0.247 e. The highest BCUT2D eigenvalue weighted by Crippen LogP contribution is 2.26. The maximum absolute atomic E-state index is 4.67. The monoisotopic (exact) mass is 243 g/mol. The lowest BCUT2D eigenvalue weighted by Gasteiger charge is -2.00. The molecule has 3 aromatic rings. The molecule has 1 nitrogen and oxygen atoms in total. The summed E-state index contributed by atoms with van der Waals surface area (Å²) in [5.41, 5.74) is 3.30. The first kappa shape index (κ1) is 9.75. The molecule has 3 aromatic heterocycles. The van der Waals surface area contributed by atoms with Crippen molar-refractivity contribution in [2.75, 3.05) is 0 Å². The van der Waals surface area contributed by atoms with E-state index >= 15 is 0 Å². The maximum Gasteiger partial charge on any atom is 0.0809 e. The third-order valence-corrected chi connectivity index (χ3v) is 3.92. The molecule has 3 heterocycles.